The number of benzene rings is 1. The van der Waals surface area contributed by atoms with Crippen LogP contribution in [0.15, 0.2) is 54.9 Å². The number of hydrogen-bond donors (Lipinski definition) is 2. The van der Waals surface area contributed by atoms with Gasteiger partial charge in [0.1, 0.15) is 0 Å². The van der Waals surface area contributed by atoms with Gasteiger partial charge in [-0.25, -0.2) is 4.79 Å². The number of H-pyrrole nitrogens is 1. The molecule has 5 rings (SSSR count). The first kappa shape index (κ1) is 20.3. The molecular formula is C25H25N5O2. The summed E-state index contributed by atoms with van der Waals surface area (Å²) in [7, 11) is 0. The van der Waals surface area contributed by atoms with Crippen molar-refractivity contribution in [1.82, 2.24) is 25.5 Å². The second-order valence-corrected chi connectivity index (χ2v) is 8.27. The summed E-state index contributed by atoms with van der Waals surface area (Å²) in [5.41, 5.74) is 5.85. The van der Waals surface area contributed by atoms with Crippen molar-refractivity contribution in [3.63, 3.8) is 0 Å². The molecule has 7 heteroatoms. The third-order valence-corrected chi connectivity index (χ3v) is 5.86. The summed E-state index contributed by atoms with van der Waals surface area (Å²) in [4.78, 5) is 21.7. The number of nitrogens with one attached hydrogen (secondary N) is 2. The standard InChI is InChI=1S/C25H25N5O2/c1-16-4-2-6-23(29-16)24-21(14-28-30-24)18-7-8-22-19(10-18)11-20(13-27-22)25(31)32-15-17-5-3-9-26-12-17/h2,4,6-8,10-11,13-14,17,26H,3,5,9,12,15H2,1H3,(H,28,30)/t17-/m0/s1. The minimum absolute atomic E-state index is 0.330. The van der Waals surface area contributed by atoms with E-state index >= 15 is 0 Å². The molecule has 2 N–H and O–H groups in total. The number of hydrogen-bond acceptors (Lipinski definition) is 6. The molecule has 0 unspecified atom stereocenters. The Morgan fingerprint density at radius 2 is 2.12 bits per heavy atom. The van der Waals surface area contributed by atoms with Crippen LogP contribution in [-0.2, 0) is 4.74 Å². The van der Waals surface area contributed by atoms with E-state index in [1.165, 1.54) is 0 Å². The van der Waals surface area contributed by atoms with Crippen LogP contribution in [0.5, 0.6) is 0 Å². The molecule has 1 aromatic carbocycles. The average molecular weight is 428 g/mol. The summed E-state index contributed by atoms with van der Waals surface area (Å²) in [6.07, 6.45) is 5.59. The SMILES string of the molecule is Cc1cccc(-c2[nH]ncc2-c2ccc3ncc(C(=O)OC[C@H]4CCCNC4)cc3c2)n1. The maximum absolute atomic E-state index is 12.6. The number of ether oxygens (including phenoxy) is 1. The number of piperidine rings is 1. The Kier molecular flexibility index (Phi) is 5.64. The van der Waals surface area contributed by atoms with Crippen molar-refractivity contribution < 1.29 is 9.53 Å². The number of esters is 1. The Morgan fingerprint density at radius 1 is 1.19 bits per heavy atom. The predicted octanol–water partition coefficient (Wildman–Crippen LogP) is 4.15. The van der Waals surface area contributed by atoms with Gasteiger partial charge in [-0.05, 0) is 62.2 Å². The van der Waals surface area contributed by atoms with Crippen molar-refractivity contribution in [1.29, 1.82) is 0 Å². The number of carbonyl (C=O) groups excluding carboxylic acids is 1. The molecule has 32 heavy (non-hydrogen) atoms. The molecule has 0 saturated carbocycles. The third kappa shape index (κ3) is 4.24. The molecule has 1 fully saturated rings. The highest BCUT2D eigenvalue weighted by molar-refractivity contribution is 5.95. The lowest BCUT2D eigenvalue weighted by molar-refractivity contribution is 0.0420. The van der Waals surface area contributed by atoms with Crippen molar-refractivity contribution in [3.05, 3.63) is 66.1 Å². The Morgan fingerprint density at radius 3 is 2.97 bits per heavy atom. The molecule has 0 amide bonds. The van der Waals surface area contributed by atoms with Crippen molar-refractivity contribution in [3.8, 4) is 22.5 Å². The van der Waals surface area contributed by atoms with E-state index < -0.39 is 0 Å². The first-order chi connectivity index (χ1) is 15.7. The van der Waals surface area contributed by atoms with E-state index in [0.29, 0.717) is 18.1 Å². The molecule has 162 valence electrons. The molecule has 0 bridgehead atoms. The van der Waals surface area contributed by atoms with Gasteiger partial charge in [0.15, 0.2) is 0 Å². The van der Waals surface area contributed by atoms with Crippen LogP contribution < -0.4 is 5.32 Å². The fraction of sp³-hybridized carbons (Fsp3) is 0.280. The van der Waals surface area contributed by atoms with E-state index in [-0.39, 0.29) is 5.97 Å². The van der Waals surface area contributed by atoms with Gasteiger partial charge in [0.2, 0.25) is 0 Å². The first-order valence-electron chi connectivity index (χ1n) is 10.9. The van der Waals surface area contributed by atoms with Gasteiger partial charge in [0.05, 0.1) is 35.3 Å². The highest BCUT2D eigenvalue weighted by atomic mass is 16.5. The highest BCUT2D eigenvalue weighted by Crippen LogP contribution is 2.31. The zero-order valence-electron chi connectivity index (χ0n) is 18.0. The van der Waals surface area contributed by atoms with Gasteiger partial charge in [-0.1, -0.05) is 12.1 Å². The Bertz CT molecular complexity index is 1260. The minimum Gasteiger partial charge on any atom is -0.462 e. The quantitative estimate of drug-likeness (QED) is 0.465. The van der Waals surface area contributed by atoms with Crippen LogP contribution in [0.3, 0.4) is 0 Å². The molecule has 1 atom stereocenters. The molecule has 4 aromatic rings. The van der Waals surface area contributed by atoms with E-state index in [9.17, 15) is 4.79 Å². The van der Waals surface area contributed by atoms with Crippen molar-refractivity contribution in [2.45, 2.75) is 19.8 Å². The molecule has 1 aliphatic heterocycles. The van der Waals surface area contributed by atoms with Crippen LogP contribution in [0.1, 0.15) is 28.9 Å². The summed E-state index contributed by atoms with van der Waals surface area (Å²) in [6.45, 7) is 4.34. The molecule has 1 saturated heterocycles. The average Bonchev–Trinajstić information content (AvgIpc) is 3.32. The Hall–Kier alpha value is -3.58. The number of carbonyl (C=O) groups is 1. The van der Waals surface area contributed by atoms with Crippen molar-refractivity contribution >= 4 is 16.9 Å². The topological polar surface area (TPSA) is 92.8 Å². The van der Waals surface area contributed by atoms with Crippen LogP contribution in [0.2, 0.25) is 0 Å². The predicted molar refractivity (Wildman–Crippen MR) is 123 cm³/mol. The lowest BCUT2D eigenvalue weighted by Gasteiger charge is -2.22. The molecule has 4 heterocycles. The number of aryl methyl sites for hydroxylation is 1. The molecule has 0 radical (unpaired) electrons. The number of aromatic nitrogens is 4. The summed E-state index contributed by atoms with van der Waals surface area (Å²) < 4.78 is 5.56. The fourth-order valence-corrected chi connectivity index (χ4v) is 4.14. The van der Waals surface area contributed by atoms with E-state index in [2.05, 4.69) is 25.5 Å². The van der Waals surface area contributed by atoms with Crippen molar-refractivity contribution in [2.24, 2.45) is 5.92 Å². The molecule has 1 aliphatic rings. The number of fused-ring (bicyclic) bond motifs is 1. The van der Waals surface area contributed by atoms with Crippen LogP contribution in [-0.4, -0.2) is 45.8 Å². The van der Waals surface area contributed by atoms with E-state index in [0.717, 1.165) is 65.0 Å². The van der Waals surface area contributed by atoms with E-state index in [4.69, 9.17) is 4.74 Å². The maximum atomic E-state index is 12.6. The molecule has 7 nitrogen and oxygen atoms in total. The number of nitrogens with zero attached hydrogens (tertiary/aromatic N) is 3. The lowest BCUT2D eigenvalue weighted by Crippen LogP contribution is -2.32. The normalized spacial score (nSPS) is 16.2. The van der Waals surface area contributed by atoms with E-state index in [1.54, 1.807) is 12.4 Å². The second kappa shape index (κ2) is 8.88. The summed E-state index contributed by atoms with van der Waals surface area (Å²) in [5, 5.41) is 11.5. The largest absolute Gasteiger partial charge is 0.462 e. The van der Waals surface area contributed by atoms with Gasteiger partial charge in [-0.2, -0.15) is 5.10 Å². The minimum atomic E-state index is -0.330. The van der Waals surface area contributed by atoms with Gasteiger partial charge < -0.3 is 10.1 Å². The highest BCUT2D eigenvalue weighted by Gasteiger charge is 2.17. The summed E-state index contributed by atoms with van der Waals surface area (Å²) >= 11 is 0. The zero-order valence-corrected chi connectivity index (χ0v) is 18.0. The number of rotatable bonds is 5. The lowest BCUT2D eigenvalue weighted by atomic mass is 10.0. The fourth-order valence-electron chi connectivity index (χ4n) is 4.14. The third-order valence-electron chi connectivity index (χ3n) is 5.86. The molecular weight excluding hydrogens is 402 g/mol. The Labute approximate surface area is 186 Å². The Balaban J connectivity index is 1.41. The molecule has 3 aromatic heterocycles. The van der Waals surface area contributed by atoms with Gasteiger partial charge in [-0.15, -0.1) is 0 Å². The number of pyridine rings is 2. The zero-order chi connectivity index (χ0) is 21.9. The van der Waals surface area contributed by atoms with Crippen LogP contribution in [0, 0.1) is 12.8 Å². The second-order valence-electron chi connectivity index (χ2n) is 8.27. The van der Waals surface area contributed by atoms with E-state index in [1.807, 2.05) is 49.4 Å². The van der Waals surface area contributed by atoms with Gasteiger partial charge in [0, 0.05) is 35.3 Å². The molecule has 0 spiro atoms. The van der Waals surface area contributed by atoms with Gasteiger partial charge >= 0.3 is 5.97 Å². The first-order valence-corrected chi connectivity index (χ1v) is 10.9. The van der Waals surface area contributed by atoms with Gasteiger partial charge in [-0.3, -0.25) is 15.1 Å². The molecule has 0 aliphatic carbocycles. The van der Waals surface area contributed by atoms with Crippen LogP contribution >= 0.6 is 0 Å². The van der Waals surface area contributed by atoms with Crippen LogP contribution in [0.4, 0.5) is 0 Å². The monoisotopic (exact) mass is 427 g/mol. The van der Waals surface area contributed by atoms with Crippen LogP contribution in [0.25, 0.3) is 33.4 Å². The summed E-state index contributed by atoms with van der Waals surface area (Å²) in [5.74, 6) is 0.0470. The smallest absolute Gasteiger partial charge is 0.339 e. The maximum Gasteiger partial charge on any atom is 0.339 e. The summed E-state index contributed by atoms with van der Waals surface area (Å²) in [6, 6.07) is 13.7. The number of aromatic amines is 1. The van der Waals surface area contributed by atoms with Gasteiger partial charge in [0.25, 0.3) is 0 Å². The van der Waals surface area contributed by atoms with Crippen molar-refractivity contribution in [2.75, 3.05) is 19.7 Å².